The first-order chi connectivity index (χ1) is 17.2. The molecule has 0 saturated heterocycles. The van der Waals surface area contributed by atoms with Gasteiger partial charge in [0.15, 0.2) is 0 Å². The lowest BCUT2D eigenvalue weighted by Gasteiger charge is -2.22. The number of sulfonamides is 1. The Morgan fingerprint density at radius 2 is 1.83 bits per heavy atom. The fourth-order valence-corrected chi connectivity index (χ4v) is 4.71. The van der Waals surface area contributed by atoms with Gasteiger partial charge in [-0.3, -0.25) is 4.79 Å². The highest BCUT2D eigenvalue weighted by molar-refractivity contribution is 7.89. The Hall–Kier alpha value is -3.53. The van der Waals surface area contributed by atoms with Gasteiger partial charge in [0.1, 0.15) is 18.2 Å². The summed E-state index contributed by atoms with van der Waals surface area (Å²) in [6, 6.07) is 17.1. The molecule has 0 aliphatic heterocycles. The van der Waals surface area contributed by atoms with E-state index in [0.29, 0.717) is 17.9 Å². The highest BCUT2D eigenvalue weighted by atomic mass is 35.5. The van der Waals surface area contributed by atoms with Gasteiger partial charge in [0.2, 0.25) is 10.0 Å². The van der Waals surface area contributed by atoms with E-state index in [1.165, 1.54) is 36.5 Å². The van der Waals surface area contributed by atoms with Crippen LogP contribution in [0.1, 0.15) is 16.7 Å². The summed E-state index contributed by atoms with van der Waals surface area (Å²) < 4.78 is 47.4. The van der Waals surface area contributed by atoms with Crippen molar-refractivity contribution < 1.29 is 22.3 Å². The van der Waals surface area contributed by atoms with Crippen LogP contribution in [0.25, 0.3) is 0 Å². The monoisotopic (exact) mass is 529 g/mol. The fourth-order valence-electron chi connectivity index (χ4n) is 3.12. The van der Waals surface area contributed by atoms with E-state index in [4.69, 9.17) is 16.3 Å². The third-order valence-corrected chi connectivity index (χ3v) is 7.19. The number of ether oxygens (including phenoxy) is 1. The number of hydrogen-bond donors (Lipinski definition) is 1. The Morgan fingerprint density at radius 3 is 2.47 bits per heavy atom. The average molecular weight is 530 g/mol. The van der Waals surface area contributed by atoms with E-state index in [1.54, 1.807) is 42.5 Å². The molecular formula is C26H25ClFN3O4S. The number of halogens is 2. The van der Waals surface area contributed by atoms with Crippen molar-refractivity contribution in [2.24, 2.45) is 5.10 Å². The highest BCUT2D eigenvalue weighted by Crippen LogP contribution is 2.24. The summed E-state index contributed by atoms with van der Waals surface area (Å²) in [5.41, 5.74) is 3.82. The van der Waals surface area contributed by atoms with Crippen molar-refractivity contribution >= 4 is 33.7 Å². The summed E-state index contributed by atoms with van der Waals surface area (Å²) in [6.07, 6.45) is 3.04. The second-order valence-electron chi connectivity index (χ2n) is 7.75. The molecule has 0 atom stereocenters. The zero-order valence-corrected chi connectivity index (χ0v) is 21.1. The molecule has 0 spiro atoms. The largest absolute Gasteiger partial charge is 0.490 e. The molecule has 3 aromatic carbocycles. The van der Waals surface area contributed by atoms with E-state index in [0.717, 1.165) is 9.87 Å². The van der Waals surface area contributed by atoms with Gasteiger partial charge in [-0.05, 0) is 61.0 Å². The van der Waals surface area contributed by atoms with Gasteiger partial charge < -0.3 is 4.74 Å². The molecule has 188 valence electrons. The van der Waals surface area contributed by atoms with Crippen LogP contribution in [0.4, 0.5) is 4.39 Å². The number of aryl methyl sites for hydroxylation is 1. The lowest BCUT2D eigenvalue weighted by Crippen LogP contribution is -2.39. The minimum Gasteiger partial charge on any atom is -0.490 e. The van der Waals surface area contributed by atoms with Crippen molar-refractivity contribution in [2.75, 3.05) is 13.2 Å². The molecule has 0 aliphatic carbocycles. The van der Waals surface area contributed by atoms with Crippen LogP contribution in [0, 0.1) is 12.7 Å². The molecule has 7 nitrogen and oxygen atoms in total. The quantitative estimate of drug-likeness (QED) is 0.222. The summed E-state index contributed by atoms with van der Waals surface area (Å²) >= 11 is 6.12. The van der Waals surface area contributed by atoms with Crippen LogP contribution in [-0.4, -0.2) is 38.0 Å². The molecule has 1 N–H and O–H groups in total. The van der Waals surface area contributed by atoms with Crippen LogP contribution >= 0.6 is 11.6 Å². The molecule has 0 radical (unpaired) electrons. The molecule has 10 heteroatoms. The smallest absolute Gasteiger partial charge is 0.255 e. The van der Waals surface area contributed by atoms with Crippen LogP contribution in [0.5, 0.6) is 5.75 Å². The summed E-state index contributed by atoms with van der Waals surface area (Å²) in [6.45, 7) is 4.74. The number of carbonyl (C=O) groups is 1. The van der Waals surface area contributed by atoms with Crippen molar-refractivity contribution in [1.82, 2.24) is 9.73 Å². The predicted octanol–water partition coefficient (Wildman–Crippen LogP) is 4.69. The summed E-state index contributed by atoms with van der Waals surface area (Å²) in [5, 5.41) is 3.95. The van der Waals surface area contributed by atoms with Crippen LogP contribution in [-0.2, 0) is 21.4 Å². The first-order valence-corrected chi connectivity index (χ1v) is 12.7. The predicted molar refractivity (Wildman–Crippen MR) is 138 cm³/mol. The van der Waals surface area contributed by atoms with Crippen molar-refractivity contribution in [3.63, 3.8) is 0 Å². The summed E-state index contributed by atoms with van der Waals surface area (Å²) in [5.74, 6) is -0.731. The Kier molecular flexibility index (Phi) is 9.35. The second-order valence-corrected chi connectivity index (χ2v) is 10.1. The Bertz CT molecular complexity index is 1320. The summed E-state index contributed by atoms with van der Waals surface area (Å²) in [4.78, 5) is 12.6. The zero-order chi connectivity index (χ0) is 26.1. The number of nitrogens with one attached hydrogen (secondary N) is 1. The SMILES string of the molecule is C=CCOc1ccc(/C=N\NC(=O)CN(Cc2c(F)cccc2Cl)S(=O)(=O)c2ccc(C)cc2)cc1. The van der Waals surface area contributed by atoms with Gasteiger partial charge in [0.05, 0.1) is 17.7 Å². The lowest BCUT2D eigenvalue weighted by molar-refractivity contribution is -0.121. The lowest BCUT2D eigenvalue weighted by atomic mass is 10.2. The number of amides is 1. The Labute approximate surface area is 214 Å². The standard InChI is InChI=1S/C26H25ClFN3O4S/c1-3-15-35-21-11-9-20(10-12-21)16-29-30-26(32)18-31(17-23-24(27)5-4-6-25(23)28)36(33,34)22-13-7-19(2)8-14-22/h3-14,16H,1,15,17-18H2,2H3,(H,30,32)/b29-16-. The van der Waals surface area contributed by atoms with Crippen LogP contribution in [0.3, 0.4) is 0 Å². The molecule has 0 aromatic heterocycles. The van der Waals surface area contributed by atoms with Crippen molar-refractivity contribution in [3.05, 3.63) is 107 Å². The molecule has 36 heavy (non-hydrogen) atoms. The third-order valence-electron chi connectivity index (χ3n) is 5.03. The molecule has 3 rings (SSSR count). The van der Waals surface area contributed by atoms with Crippen LogP contribution < -0.4 is 10.2 Å². The fraction of sp³-hybridized carbons (Fsp3) is 0.154. The van der Waals surface area contributed by atoms with Crippen LogP contribution in [0.2, 0.25) is 5.02 Å². The number of benzene rings is 3. The minimum atomic E-state index is -4.16. The summed E-state index contributed by atoms with van der Waals surface area (Å²) in [7, 11) is -4.16. The second kappa shape index (κ2) is 12.4. The maximum atomic E-state index is 14.4. The molecule has 0 heterocycles. The molecule has 0 aliphatic rings. The average Bonchev–Trinajstić information content (AvgIpc) is 2.85. The van der Waals surface area contributed by atoms with Crippen molar-refractivity contribution in [2.45, 2.75) is 18.4 Å². The van der Waals surface area contributed by atoms with Crippen molar-refractivity contribution in [3.8, 4) is 5.75 Å². The number of rotatable bonds is 11. The van der Waals surface area contributed by atoms with Crippen molar-refractivity contribution in [1.29, 1.82) is 0 Å². The van der Waals surface area contributed by atoms with Gasteiger partial charge in [-0.1, -0.05) is 48.0 Å². The maximum Gasteiger partial charge on any atom is 0.255 e. The molecule has 3 aromatic rings. The minimum absolute atomic E-state index is 0.0318. The zero-order valence-electron chi connectivity index (χ0n) is 19.5. The normalized spacial score (nSPS) is 11.6. The van der Waals surface area contributed by atoms with E-state index in [2.05, 4.69) is 17.1 Å². The molecular weight excluding hydrogens is 505 g/mol. The highest BCUT2D eigenvalue weighted by Gasteiger charge is 2.28. The van der Waals surface area contributed by atoms with E-state index < -0.39 is 34.8 Å². The van der Waals surface area contributed by atoms with E-state index in [9.17, 15) is 17.6 Å². The van der Waals surface area contributed by atoms with Gasteiger partial charge >= 0.3 is 0 Å². The van der Waals surface area contributed by atoms with Gasteiger partial charge in [-0.2, -0.15) is 9.41 Å². The van der Waals surface area contributed by atoms with Crippen LogP contribution in [0.15, 0.2) is 89.4 Å². The number of hydrazone groups is 1. The van der Waals surface area contributed by atoms with Gasteiger partial charge in [-0.15, -0.1) is 0 Å². The molecule has 0 fully saturated rings. The number of carbonyl (C=O) groups excluding carboxylic acids is 1. The van der Waals surface area contributed by atoms with Gasteiger partial charge in [-0.25, -0.2) is 18.2 Å². The maximum absolute atomic E-state index is 14.4. The molecule has 1 amide bonds. The Morgan fingerprint density at radius 1 is 1.14 bits per heavy atom. The first kappa shape index (κ1) is 27.1. The Balaban J connectivity index is 1.77. The first-order valence-electron chi connectivity index (χ1n) is 10.9. The molecule has 0 bridgehead atoms. The van der Waals surface area contributed by atoms with Gasteiger partial charge in [0, 0.05) is 17.1 Å². The van der Waals surface area contributed by atoms with E-state index in [1.807, 2.05) is 6.92 Å². The molecule has 0 saturated carbocycles. The molecule has 0 unspecified atom stereocenters. The number of hydrogen-bond acceptors (Lipinski definition) is 5. The number of nitrogens with zero attached hydrogens (tertiary/aromatic N) is 2. The van der Waals surface area contributed by atoms with E-state index >= 15 is 0 Å². The third kappa shape index (κ3) is 7.24. The van der Waals surface area contributed by atoms with E-state index in [-0.39, 0.29) is 15.5 Å². The topological polar surface area (TPSA) is 88.1 Å². The van der Waals surface area contributed by atoms with Gasteiger partial charge in [0.25, 0.3) is 5.91 Å².